The van der Waals surface area contributed by atoms with E-state index in [2.05, 4.69) is 11.4 Å². The fourth-order valence-corrected chi connectivity index (χ4v) is 4.81. The van der Waals surface area contributed by atoms with Crippen LogP contribution in [0.25, 0.3) is 0 Å². The Kier molecular flexibility index (Phi) is 4.44. The molecule has 24 heavy (non-hydrogen) atoms. The Morgan fingerprint density at radius 2 is 1.83 bits per heavy atom. The molecule has 2 aromatic carbocycles. The Morgan fingerprint density at radius 1 is 1.12 bits per heavy atom. The zero-order valence-electron chi connectivity index (χ0n) is 13.9. The molecular weight excluding hydrogens is 320 g/mol. The molecule has 2 aromatic rings. The molecule has 0 amide bonds. The molecule has 0 aliphatic carbocycles. The number of benzene rings is 2. The highest BCUT2D eigenvalue weighted by molar-refractivity contribution is 7.91. The Bertz CT molecular complexity index is 917. The second kappa shape index (κ2) is 6.39. The minimum atomic E-state index is -3.05. The van der Waals surface area contributed by atoms with Crippen LogP contribution in [-0.4, -0.2) is 14.2 Å². The molecule has 4 nitrogen and oxygen atoms in total. The van der Waals surface area contributed by atoms with Crippen molar-refractivity contribution in [3.05, 3.63) is 63.7 Å². The Hall–Kier alpha value is -2.16. The van der Waals surface area contributed by atoms with E-state index in [9.17, 15) is 8.42 Å². The van der Waals surface area contributed by atoms with Gasteiger partial charge in [-0.2, -0.15) is 5.26 Å². The Morgan fingerprint density at radius 3 is 2.50 bits per heavy atom. The van der Waals surface area contributed by atoms with Gasteiger partial charge in [-0.1, -0.05) is 12.1 Å². The van der Waals surface area contributed by atoms with E-state index in [4.69, 9.17) is 5.26 Å². The van der Waals surface area contributed by atoms with E-state index < -0.39 is 9.84 Å². The second-order valence-corrected chi connectivity index (χ2v) is 8.39. The topological polar surface area (TPSA) is 70.0 Å². The van der Waals surface area contributed by atoms with Crippen molar-refractivity contribution in [2.75, 3.05) is 5.75 Å². The van der Waals surface area contributed by atoms with Gasteiger partial charge < -0.3 is 5.32 Å². The van der Waals surface area contributed by atoms with Crippen LogP contribution in [0, 0.1) is 25.2 Å². The first kappa shape index (κ1) is 16.7. The number of nitriles is 1. The van der Waals surface area contributed by atoms with Crippen LogP contribution in [0.1, 0.15) is 33.4 Å². The average molecular weight is 340 g/mol. The summed E-state index contributed by atoms with van der Waals surface area (Å²) in [5.74, 6) is 0.225. The fraction of sp³-hybridized carbons (Fsp3) is 0.316. The van der Waals surface area contributed by atoms with Crippen LogP contribution in [0.15, 0.2) is 35.2 Å². The first-order valence-corrected chi connectivity index (χ1v) is 9.61. The van der Waals surface area contributed by atoms with E-state index in [-0.39, 0.29) is 5.75 Å². The van der Waals surface area contributed by atoms with Gasteiger partial charge in [0.1, 0.15) is 0 Å². The third-order valence-corrected chi connectivity index (χ3v) is 6.37. The quantitative estimate of drug-likeness (QED) is 0.929. The van der Waals surface area contributed by atoms with Crippen molar-refractivity contribution in [1.29, 1.82) is 5.26 Å². The normalized spacial score (nSPS) is 15.0. The van der Waals surface area contributed by atoms with Crippen molar-refractivity contribution in [2.45, 2.75) is 38.3 Å². The lowest BCUT2D eigenvalue weighted by atomic mass is 9.99. The van der Waals surface area contributed by atoms with Crippen molar-refractivity contribution in [2.24, 2.45) is 0 Å². The van der Waals surface area contributed by atoms with Crippen LogP contribution in [-0.2, 0) is 29.3 Å². The molecule has 0 unspecified atom stereocenters. The summed E-state index contributed by atoms with van der Waals surface area (Å²) in [4.78, 5) is 0.491. The molecule has 0 bridgehead atoms. The molecule has 1 N–H and O–H groups in total. The maximum Gasteiger partial charge on any atom is 0.178 e. The molecule has 0 saturated carbocycles. The predicted octanol–water partition coefficient (Wildman–Crippen LogP) is 2.79. The molecule has 0 aromatic heterocycles. The van der Waals surface area contributed by atoms with E-state index >= 15 is 0 Å². The molecule has 0 saturated heterocycles. The van der Waals surface area contributed by atoms with E-state index in [0.29, 0.717) is 23.4 Å². The Labute approximate surface area is 143 Å². The number of hydrogen-bond acceptors (Lipinski definition) is 4. The number of sulfone groups is 1. The van der Waals surface area contributed by atoms with Gasteiger partial charge in [0.15, 0.2) is 9.84 Å². The zero-order valence-corrected chi connectivity index (χ0v) is 14.7. The van der Waals surface area contributed by atoms with Crippen LogP contribution in [0.3, 0.4) is 0 Å². The van der Waals surface area contributed by atoms with E-state index in [1.165, 1.54) is 5.56 Å². The highest BCUT2D eigenvalue weighted by Crippen LogP contribution is 2.26. The molecule has 1 heterocycles. The number of nitrogens with one attached hydrogen (secondary N) is 1. The minimum Gasteiger partial charge on any atom is -0.309 e. The van der Waals surface area contributed by atoms with Gasteiger partial charge in [0.2, 0.25) is 0 Å². The summed E-state index contributed by atoms with van der Waals surface area (Å²) in [7, 11) is -3.05. The van der Waals surface area contributed by atoms with Gasteiger partial charge >= 0.3 is 0 Å². The minimum absolute atomic E-state index is 0.225. The maximum absolute atomic E-state index is 11.9. The van der Waals surface area contributed by atoms with Crippen molar-refractivity contribution in [1.82, 2.24) is 5.32 Å². The fourth-order valence-electron chi connectivity index (χ4n) is 3.26. The van der Waals surface area contributed by atoms with Crippen molar-refractivity contribution < 1.29 is 8.42 Å². The van der Waals surface area contributed by atoms with Crippen molar-refractivity contribution in [3.8, 4) is 6.07 Å². The predicted molar refractivity (Wildman–Crippen MR) is 93.4 cm³/mol. The molecule has 5 heteroatoms. The van der Waals surface area contributed by atoms with Gasteiger partial charge in [-0.05, 0) is 66.3 Å². The molecule has 0 atom stereocenters. The standard InChI is InChI=1S/C19H20N2O2S/c1-13-7-16(10-20)8-14(2)18(13)12-21-11-15-3-4-19-17(9-15)5-6-24(19,22)23/h3-4,7-9,21H,5-6,11-12H2,1-2H3. The monoisotopic (exact) mass is 340 g/mol. The number of aryl methyl sites for hydroxylation is 3. The summed E-state index contributed by atoms with van der Waals surface area (Å²) in [6.07, 6.45) is 0.610. The van der Waals surface area contributed by atoms with Gasteiger partial charge in [-0.25, -0.2) is 8.42 Å². The molecule has 1 aliphatic rings. The third-order valence-electron chi connectivity index (χ3n) is 4.56. The highest BCUT2D eigenvalue weighted by Gasteiger charge is 2.25. The SMILES string of the molecule is Cc1cc(C#N)cc(C)c1CNCc1ccc2c(c1)CCS2(=O)=O. The van der Waals surface area contributed by atoms with Gasteiger partial charge in [0, 0.05) is 13.1 Å². The van der Waals surface area contributed by atoms with Crippen molar-refractivity contribution in [3.63, 3.8) is 0 Å². The van der Waals surface area contributed by atoms with Gasteiger partial charge in [-0.3, -0.25) is 0 Å². The lowest BCUT2D eigenvalue weighted by Crippen LogP contribution is -2.15. The van der Waals surface area contributed by atoms with Crippen LogP contribution in [0.2, 0.25) is 0 Å². The first-order valence-electron chi connectivity index (χ1n) is 7.96. The first-order chi connectivity index (χ1) is 11.4. The summed E-state index contributed by atoms with van der Waals surface area (Å²) >= 11 is 0. The van der Waals surface area contributed by atoms with Crippen LogP contribution >= 0.6 is 0 Å². The van der Waals surface area contributed by atoms with E-state index in [0.717, 1.165) is 28.8 Å². The van der Waals surface area contributed by atoms with Crippen LogP contribution in [0.5, 0.6) is 0 Å². The summed E-state index contributed by atoms with van der Waals surface area (Å²) in [6.45, 7) is 5.45. The van der Waals surface area contributed by atoms with Gasteiger partial charge in [0.05, 0.1) is 22.3 Å². The lowest BCUT2D eigenvalue weighted by Gasteiger charge is -2.12. The number of nitrogens with zero attached hydrogens (tertiary/aromatic N) is 1. The molecule has 124 valence electrons. The number of fused-ring (bicyclic) bond motifs is 1. The van der Waals surface area contributed by atoms with Gasteiger partial charge in [0.25, 0.3) is 0 Å². The molecule has 1 aliphatic heterocycles. The maximum atomic E-state index is 11.9. The second-order valence-electron chi connectivity index (χ2n) is 6.31. The molecular formula is C19H20N2O2S. The molecule has 0 spiro atoms. The highest BCUT2D eigenvalue weighted by atomic mass is 32.2. The van der Waals surface area contributed by atoms with E-state index in [1.54, 1.807) is 6.07 Å². The van der Waals surface area contributed by atoms with Crippen LogP contribution in [0.4, 0.5) is 0 Å². The third kappa shape index (κ3) is 3.21. The van der Waals surface area contributed by atoms with Crippen LogP contribution < -0.4 is 5.32 Å². The van der Waals surface area contributed by atoms with Crippen molar-refractivity contribution >= 4 is 9.84 Å². The number of hydrogen-bond donors (Lipinski definition) is 1. The summed E-state index contributed by atoms with van der Waals surface area (Å²) in [5.41, 5.74) is 6.14. The molecule has 0 radical (unpaired) electrons. The Balaban J connectivity index is 1.69. The smallest absolute Gasteiger partial charge is 0.178 e. The largest absolute Gasteiger partial charge is 0.309 e. The number of rotatable bonds is 4. The van der Waals surface area contributed by atoms with E-state index in [1.807, 2.05) is 38.1 Å². The zero-order chi connectivity index (χ0) is 17.3. The summed E-state index contributed by atoms with van der Waals surface area (Å²) in [5, 5.41) is 12.4. The summed E-state index contributed by atoms with van der Waals surface area (Å²) < 4.78 is 23.7. The summed E-state index contributed by atoms with van der Waals surface area (Å²) in [6, 6.07) is 11.6. The lowest BCUT2D eigenvalue weighted by molar-refractivity contribution is 0.600. The molecule has 0 fully saturated rings. The van der Waals surface area contributed by atoms with Gasteiger partial charge in [-0.15, -0.1) is 0 Å². The molecule has 3 rings (SSSR count). The average Bonchev–Trinajstić information content (AvgIpc) is 2.84.